The number of carbonyl (C=O) groups is 2. The number of hydrogen-bond acceptors (Lipinski definition) is 7. The number of amides is 1. The van der Waals surface area contributed by atoms with Crippen LogP contribution in [0.3, 0.4) is 0 Å². The molecule has 216 valence electrons. The first-order valence-corrected chi connectivity index (χ1v) is 13.3. The van der Waals surface area contributed by atoms with Gasteiger partial charge in [-0.25, -0.2) is 23.5 Å². The van der Waals surface area contributed by atoms with Gasteiger partial charge in [0.2, 0.25) is 5.91 Å². The number of rotatable bonds is 7. The second-order valence-corrected chi connectivity index (χ2v) is 10.1. The van der Waals surface area contributed by atoms with E-state index in [2.05, 4.69) is 4.99 Å². The van der Waals surface area contributed by atoms with Gasteiger partial charge in [-0.15, -0.1) is 0 Å². The maximum atomic E-state index is 15.0. The van der Waals surface area contributed by atoms with Crippen molar-refractivity contribution in [3.8, 4) is 5.69 Å². The number of nitrogens with zero attached hydrogens (tertiary/aromatic N) is 4. The normalized spacial score (nSPS) is 15.4. The first-order chi connectivity index (χ1) is 19.3. The molecule has 0 aliphatic carbocycles. The van der Waals surface area contributed by atoms with Crippen LogP contribution in [-0.2, 0) is 34.0 Å². The van der Waals surface area contributed by atoms with Crippen LogP contribution in [0.2, 0.25) is 5.02 Å². The minimum Gasteiger partial charge on any atom is -0.464 e. The largest absolute Gasteiger partial charge is 0.464 e. The van der Waals surface area contributed by atoms with E-state index in [4.69, 9.17) is 16.3 Å². The zero-order chi connectivity index (χ0) is 30.1. The third-order valence-corrected chi connectivity index (χ3v) is 7.27. The van der Waals surface area contributed by atoms with Crippen molar-refractivity contribution in [1.82, 2.24) is 14.0 Å². The summed E-state index contributed by atoms with van der Waals surface area (Å²) in [5.74, 6) is -2.42. The number of ether oxygens (including phenoxy) is 1. The molecule has 9 nitrogen and oxygen atoms in total. The van der Waals surface area contributed by atoms with E-state index < -0.39 is 52.5 Å². The molecule has 2 heterocycles. The van der Waals surface area contributed by atoms with Crippen LogP contribution in [0.4, 0.5) is 23.2 Å². The van der Waals surface area contributed by atoms with Crippen molar-refractivity contribution in [3.63, 3.8) is 0 Å². The van der Waals surface area contributed by atoms with E-state index in [-0.39, 0.29) is 49.9 Å². The molecule has 0 radical (unpaired) electrons. The highest BCUT2D eigenvalue weighted by atomic mass is 35.5. The van der Waals surface area contributed by atoms with Gasteiger partial charge >= 0.3 is 17.8 Å². The molecular formula is C26H21ClF4N4O5S. The number of aromatic nitrogens is 2. The summed E-state index contributed by atoms with van der Waals surface area (Å²) in [6.45, 7) is 1.66. The molecule has 3 aromatic rings. The van der Waals surface area contributed by atoms with Gasteiger partial charge in [0, 0.05) is 19.5 Å². The third kappa shape index (κ3) is 6.22. The number of hydrogen-bond donors (Lipinski definition) is 0. The smallest absolute Gasteiger partial charge is 0.431 e. The minimum absolute atomic E-state index is 0.0103. The molecule has 1 saturated heterocycles. The number of halogens is 5. The van der Waals surface area contributed by atoms with Gasteiger partial charge in [-0.05, 0) is 24.6 Å². The maximum absolute atomic E-state index is 15.0. The lowest BCUT2D eigenvalue weighted by Crippen LogP contribution is -2.46. The van der Waals surface area contributed by atoms with E-state index in [1.165, 1.54) is 0 Å². The molecule has 41 heavy (non-hydrogen) atoms. The molecule has 0 N–H and O–H groups in total. The van der Waals surface area contributed by atoms with Crippen molar-refractivity contribution in [2.75, 3.05) is 12.4 Å². The number of esters is 1. The van der Waals surface area contributed by atoms with E-state index >= 15 is 0 Å². The van der Waals surface area contributed by atoms with Crippen molar-refractivity contribution in [1.29, 1.82) is 0 Å². The molecule has 0 spiro atoms. The quantitative estimate of drug-likeness (QED) is 0.294. The van der Waals surface area contributed by atoms with E-state index in [1.54, 1.807) is 37.3 Å². The van der Waals surface area contributed by atoms with E-state index in [0.29, 0.717) is 0 Å². The van der Waals surface area contributed by atoms with Crippen molar-refractivity contribution in [3.05, 3.63) is 91.5 Å². The first-order valence-electron chi connectivity index (χ1n) is 12.0. The molecule has 1 fully saturated rings. The van der Waals surface area contributed by atoms with Gasteiger partial charge in [0.25, 0.3) is 5.56 Å². The minimum atomic E-state index is -5.01. The van der Waals surface area contributed by atoms with Gasteiger partial charge < -0.3 is 4.74 Å². The number of alkyl halides is 3. The van der Waals surface area contributed by atoms with Crippen LogP contribution < -0.4 is 11.2 Å². The highest BCUT2D eigenvalue weighted by Crippen LogP contribution is 2.34. The molecule has 0 bridgehead atoms. The lowest BCUT2D eigenvalue weighted by atomic mass is 10.0. The predicted octanol–water partition coefficient (Wildman–Crippen LogP) is 4.08. The molecule has 1 aliphatic rings. The highest BCUT2D eigenvalue weighted by Gasteiger charge is 2.39. The average molecular weight is 613 g/mol. The Morgan fingerprint density at radius 2 is 1.83 bits per heavy atom. The predicted molar refractivity (Wildman–Crippen MR) is 144 cm³/mol. The lowest BCUT2D eigenvalue weighted by molar-refractivity contribution is -0.151. The average Bonchev–Trinajstić information content (AvgIpc) is 3.26. The Balaban J connectivity index is 1.82. The summed E-state index contributed by atoms with van der Waals surface area (Å²) < 4.78 is 60.3. The topological polar surface area (TPSA) is 103 Å². The van der Waals surface area contributed by atoms with Crippen LogP contribution in [0.15, 0.2) is 63.1 Å². The van der Waals surface area contributed by atoms with Crippen LogP contribution in [-0.4, -0.2) is 49.5 Å². The van der Waals surface area contributed by atoms with Crippen molar-refractivity contribution >= 4 is 46.1 Å². The zero-order valence-corrected chi connectivity index (χ0v) is 23.0. The molecule has 15 heteroatoms. The van der Waals surface area contributed by atoms with Crippen LogP contribution in [0.1, 0.15) is 18.2 Å². The SMILES string of the molecule is CCOC(=O)C(Cc1ccccc1)N1C(=O)CSC1=Nc1cc(-n2c(=O)cc(C(F)(F)F)n(C)c2=O)c(F)cc1Cl. The van der Waals surface area contributed by atoms with Gasteiger partial charge in [0.15, 0.2) is 5.17 Å². The lowest BCUT2D eigenvalue weighted by Gasteiger charge is -2.26. The molecule has 1 aliphatic heterocycles. The third-order valence-electron chi connectivity index (χ3n) is 6.03. The number of amidine groups is 1. The summed E-state index contributed by atoms with van der Waals surface area (Å²) in [5, 5.41) is -0.276. The van der Waals surface area contributed by atoms with Gasteiger partial charge in [0.05, 0.1) is 28.8 Å². The Kier molecular flexibility index (Phi) is 8.73. The monoisotopic (exact) mass is 612 g/mol. The summed E-state index contributed by atoms with van der Waals surface area (Å²) in [5.41, 5.74) is -4.59. The molecule has 1 aromatic heterocycles. The summed E-state index contributed by atoms with van der Waals surface area (Å²) in [6.07, 6.45) is -4.92. The molecule has 1 unspecified atom stereocenters. The zero-order valence-electron chi connectivity index (χ0n) is 21.4. The number of thioether (sulfide) groups is 1. The highest BCUT2D eigenvalue weighted by molar-refractivity contribution is 8.15. The van der Waals surface area contributed by atoms with Gasteiger partial charge in [-0.2, -0.15) is 13.2 Å². The summed E-state index contributed by atoms with van der Waals surface area (Å²) in [4.78, 5) is 56.6. The Labute approximate surface area is 239 Å². The second kappa shape index (κ2) is 11.9. The number of carbonyl (C=O) groups excluding carboxylic acids is 2. The standard InChI is InChI=1S/C26H21ClF4N4O5S/c1-3-40-23(38)19(9-14-7-5-4-6-8-14)34-22(37)13-41-24(34)32-17-11-18(16(28)10-15(17)27)35-21(36)12-20(26(29,30)31)33(2)25(35)39/h4-8,10-12,19H,3,9,13H2,1-2H3. The Morgan fingerprint density at radius 3 is 2.46 bits per heavy atom. The molecule has 4 rings (SSSR count). The van der Waals surface area contributed by atoms with Gasteiger partial charge in [0.1, 0.15) is 17.6 Å². The second-order valence-electron chi connectivity index (χ2n) is 8.70. The molecular weight excluding hydrogens is 592 g/mol. The van der Waals surface area contributed by atoms with E-state index in [0.717, 1.165) is 41.4 Å². The van der Waals surface area contributed by atoms with E-state index in [1.807, 2.05) is 0 Å². The summed E-state index contributed by atoms with van der Waals surface area (Å²) >= 11 is 7.16. The fraction of sp³-hybridized carbons (Fsp3) is 0.269. The summed E-state index contributed by atoms with van der Waals surface area (Å²) in [7, 11) is 0.789. The van der Waals surface area contributed by atoms with Crippen LogP contribution in [0, 0.1) is 5.82 Å². The van der Waals surface area contributed by atoms with Gasteiger partial charge in [-0.1, -0.05) is 53.7 Å². The Bertz CT molecular complexity index is 1660. The van der Waals surface area contributed by atoms with Crippen molar-refractivity contribution in [2.45, 2.75) is 25.6 Å². The molecule has 1 amide bonds. The van der Waals surface area contributed by atoms with Crippen molar-refractivity contribution in [2.24, 2.45) is 12.0 Å². The van der Waals surface area contributed by atoms with Crippen LogP contribution in [0.5, 0.6) is 0 Å². The maximum Gasteiger partial charge on any atom is 0.431 e. The summed E-state index contributed by atoms with van der Waals surface area (Å²) in [6, 6.07) is 9.54. The fourth-order valence-corrected chi connectivity index (χ4v) is 5.24. The molecule has 1 atom stereocenters. The first kappa shape index (κ1) is 30.1. The number of aliphatic imine (C=N–C) groups is 1. The van der Waals surface area contributed by atoms with E-state index in [9.17, 15) is 36.7 Å². The van der Waals surface area contributed by atoms with Crippen molar-refractivity contribution < 1.29 is 31.9 Å². The molecule has 0 saturated carbocycles. The van der Waals surface area contributed by atoms with Crippen LogP contribution in [0.25, 0.3) is 5.69 Å². The van der Waals surface area contributed by atoms with Gasteiger partial charge in [-0.3, -0.25) is 19.1 Å². The Morgan fingerprint density at radius 1 is 1.15 bits per heavy atom. The molecule has 2 aromatic carbocycles. The van der Waals surface area contributed by atoms with Crippen LogP contribution >= 0.6 is 23.4 Å². The number of benzene rings is 2. The fourth-order valence-electron chi connectivity index (χ4n) is 4.13. The Hall–Kier alpha value is -3.91.